The van der Waals surface area contributed by atoms with Crippen molar-refractivity contribution in [2.45, 2.75) is 98.5 Å². The fraction of sp³-hybridized carbons (Fsp3) is 0.600. The predicted molar refractivity (Wildman–Crippen MR) is 141 cm³/mol. The summed E-state index contributed by atoms with van der Waals surface area (Å²) >= 11 is 0. The van der Waals surface area contributed by atoms with Crippen LogP contribution in [0.15, 0.2) is 60.7 Å². The first-order valence-corrected chi connectivity index (χ1v) is 22.2. The second-order valence-corrected chi connectivity index (χ2v) is 47.9. The number of rotatable bonds is 4. The molecule has 8 atom stereocenters. The van der Waals surface area contributed by atoms with Crippen molar-refractivity contribution in [1.29, 1.82) is 0 Å². The molecule has 0 saturated carbocycles. The van der Waals surface area contributed by atoms with E-state index in [2.05, 4.69) is 102 Å². The summed E-state index contributed by atoms with van der Waals surface area (Å²) in [5.41, 5.74) is 0. The average Bonchev–Trinajstić information content (AvgIpc) is 3.69. The summed E-state index contributed by atoms with van der Waals surface area (Å²) in [6.45, 7) is 12.4. The van der Waals surface area contributed by atoms with Gasteiger partial charge >= 0.3 is 192 Å². The Morgan fingerprint density at radius 3 is 1.27 bits per heavy atom. The SMILES string of the molecule is CC(C)(C)P(C(C)(C)C)[C]12[CH]3[CH]4[CH]5[CH]1[Fe]45321678[CH]2[CH]1[CH]6[C]7(P(c1ccccc1)c1ccccc1)[CH]28. The molecule has 0 aliphatic carbocycles. The van der Waals surface area contributed by atoms with Gasteiger partial charge in [0.2, 0.25) is 0 Å². The van der Waals surface area contributed by atoms with Crippen LogP contribution >= 0.6 is 15.8 Å². The van der Waals surface area contributed by atoms with Gasteiger partial charge in [-0.25, -0.2) is 0 Å². The van der Waals surface area contributed by atoms with Crippen LogP contribution in [0.4, 0.5) is 0 Å². The van der Waals surface area contributed by atoms with Crippen molar-refractivity contribution in [3.05, 3.63) is 60.7 Å². The molecule has 0 nitrogen and oxygen atoms in total. The summed E-state index contributed by atoms with van der Waals surface area (Å²) in [5, 5.41) is 4.51. The van der Waals surface area contributed by atoms with Crippen molar-refractivity contribution in [2.75, 3.05) is 0 Å². The van der Waals surface area contributed by atoms with E-state index in [4.69, 9.17) is 0 Å². The average molecular weight is 514 g/mol. The molecule has 0 amide bonds. The Kier molecular flexibility index (Phi) is 1.20. The summed E-state index contributed by atoms with van der Waals surface area (Å²) in [6.07, 6.45) is 0. The molecule has 2 aromatic carbocycles. The van der Waals surface area contributed by atoms with Gasteiger partial charge in [0.15, 0.2) is 0 Å². The first kappa shape index (κ1) is 17.3. The predicted octanol–water partition coefficient (Wildman–Crippen LogP) is 8.40. The van der Waals surface area contributed by atoms with E-state index in [9.17, 15) is 0 Å². The monoisotopic (exact) mass is 514 g/mol. The third kappa shape index (κ3) is 0.377. The number of hydrogen-bond acceptors (Lipinski definition) is 0. The van der Waals surface area contributed by atoms with Gasteiger partial charge in [0.1, 0.15) is 0 Å². The van der Waals surface area contributed by atoms with E-state index >= 15 is 0 Å². The van der Waals surface area contributed by atoms with Crippen LogP contribution in [-0.2, 0) is 6.51 Å². The van der Waals surface area contributed by atoms with Crippen LogP contribution in [0.5, 0.6) is 0 Å². The molecule has 10 aliphatic heterocycles. The van der Waals surface area contributed by atoms with Crippen LogP contribution in [0.1, 0.15) is 41.5 Å². The van der Waals surface area contributed by atoms with Crippen LogP contribution in [0.3, 0.4) is 0 Å². The topological polar surface area (TPSA) is 0 Å². The van der Waals surface area contributed by atoms with Gasteiger partial charge in [-0.1, -0.05) is 0 Å². The van der Waals surface area contributed by atoms with Crippen molar-refractivity contribution in [3.63, 3.8) is 0 Å². The van der Waals surface area contributed by atoms with Gasteiger partial charge in [-0.3, -0.25) is 0 Å². The van der Waals surface area contributed by atoms with E-state index in [0.717, 1.165) is 8.11 Å². The number of fused-ring (bicyclic) bond motifs is 10. The van der Waals surface area contributed by atoms with Gasteiger partial charge in [0, 0.05) is 0 Å². The molecule has 1 spiro atoms. The Bertz CT molecular complexity index is 1690. The van der Waals surface area contributed by atoms with Gasteiger partial charge in [0.05, 0.1) is 0 Å². The molecular weight excluding hydrogens is 478 g/mol. The van der Waals surface area contributed by atoms with Gasteiger partial charge in [-0.05, 0) is 0 Å². The van der Waals surface area contributed by atoms with Crippen LogP contribution in [-0.4, -0.2) is 18.4 Å². The Morgan fingerprint density at radius 1 is 0.576 bits per heavy atom. The van der Waals surface area contributed by atoms with Crippen LogP contribution in [0, 0.1) is 0 Å². The molecule has 0 bridgehead atoms. The van der Waals surface area contributed by atoms with Crippen molar-refractivity contribution in [3.8, 4) is 0 Å². The molecule has 0 radical (unpaired) electrons. The van der Waals surface area contributed by atoms with Crippen LogP contribution < -0.4 is 10.6 Å². The van der Waals surface area contributed by atoms with E-state index in [1.165, 1.54) is 38.5 Å². The molecule has 10 fully saturated rings. The summed E-state index contributed by atoms with van der Waals surface area (Å²) in [6, 6.07) is 24.1. The molecule has 0 aromatic heterocycles. The fourth-order valence-electron chi connectivity index (χ4n) is 21.2. The quantitative estimate of drug-likeness (QED) is 0.284. The number of benzene rings is 2. The zero-order chi connectivity index (χ0) is 22.3. The Hall–Kier alpha value is -0.181. The van der Waals surface area contributed by atoms with E-state index in [1.54, 1.807) is 10.6 Å². The van der Waals surface area contributed by atoms with E-state index < -0.39 is 6.51 Å². The van der Waals surface area contributed by atoms with Crippen molar-refractivity contribution in [2.24, 2.45) is 0 Å². The molecule has 8 unspecified atom stereocenters. The van der Waals surface area contributed by atoms with E-state index in [0.29, 0.717) is 10.3 Å². The molecule has 10 heterocycles. The van der Waals surface area contributed by atoms with Crippen LogP contribution in [0.2, 0.25) is 38.5 Å². The van der Waals surface area contributed by atoms with Gasteiger partial charge in [-0.2, -0.15) is 0 Å². The molecular formula is C30H36FeP2. The fourth-order valence-corrected chi connectivity index (χ4v) is 130. The minimum absolute atomic E-state index is 0.0558. The second kappa shape index (κ2) is 2.29. The van der Waals surface area contributed by atoms with Gasteiger partial charge < -0.3 is 0 Å². The van der Waals surface area contributed by atoms with Crippen molar-refractivity contribution >= 4 is 26.5 Å². The molecule has 10 aliphatic rings. The molecule has 33 heavy (non-hydrogen) atoms. The molecule has 12 rings (SSSR count). The second-order valence-electron chi connectivity index (χ2n) is 17.4. The molecule has 10 saturated heterocycles. The zero-order valence-corrected chi connectivity index (χ0v) is 23.5. The maximum absolute atomic E-state index is 3.64. The van der Waals surface area contributed by atoms with Crippen molar-refractivity contribution in [1.82, 2.24) is 0 Å². The third-order valence-corrected chi connectivity index (χ3v) is 76.4. The molecule has 0 N–H and O–H groups in total. The standard InChI is InChI=1S/C17H14P.C13H22P.Fe/c1-3-9-15(10-4-1)18(17-13-7-8-14-17)16-11-5-2-6-12-16;1-12(2,3)14(13(4,5)6)11-9-7-8-10-11;/h1-14H;7-10H,1-6H3;. The molecule has 3 heteroatoms. The van der Waals surface area contributed by atoms with Gasteiger partial charge in [0.25, 0.3) is 0 Å². The third-order valence-electron chi connectivity index (χ3n) is 18.7. The Morgan fingerprint density at radius 2 is 0.939 bits per heavy atom. The summed E-state index contributed by atoms with van der Waals surface area (Å²) in [4.78, 5) is 10.8. The minimum atomic E-state index is -3.64. The summed E-state index contributed by atoms with van der Waals surface area (Å²) in [7, 11) is -0.130. The molecule has 2 aromatic rings. The van der Waals surface area contributed by atoms with Crippen molar-refractivity contribution < 1.29 is 6.51 Å². The maximum atomic E-state index is 2.67. The van der Waals surface area contributed by atoms with E-state index in [-0.39, 0.29) is 15.8 Å². The molecule has 174 valence electrons. The number of hydrogen-bond donors (Lipinski definition) is 0. The Balaban J connectivity index is 1.22. The summed E-state index contributed by atoms with van der Waals surface area (Å²) < 4.78 is 1.84. The first-order chi connectivity index (χ1) is 15.4. The van der Waals surface area contributed by atoms with E-state index in [1.807, 2.05) is 0 Å². The Labute approximate surface area is 191 Å². The van der Waals surface area contributed by atoms with Crippen LogP contribution in [0.25, 0.3) is 0 Å². The first-order valence-electron chi connectivity index (χ1n) is 13.3. The normalized spacial score (nSPS) is 70.7. The van der Waals surface area contributed by atoms with Gasteiger partial charge in [-0.15, -0.1) is 0 Å². The summed E-state index contributed by atoms with van der Waals surface area (Å²) in [5.74, 6) is 0. The zero-order valence-electron chi connectivity index (χ0n) is 20.6.